The summed E-state index contributed by atoms with van der Waals surface area (Å²) >= 11 is 0. The average molecular weight is 258 g/mol. The predicted molar refractivity (Wildman–Crippen MR) is 68.1 cm³/mol. The molecule has 0 N–H and O–H groups in total. The number of aryl methyl sites for hydroxylation is 1. The highest BCUT2D eigenvalue weighted by molar-refractivity contribution is 6.12. The Kier molecular flexibility index (Phi) is 2.38. The molecule has 2 aromatic heterocycles. The maximum atomic E-state index is 12.2. The highest BCUT2D eigenvalue weighted by atomic mass is 16.5. The number of methoxy groups -OCH3 is 1. The van der Waals surface area contributed by atoms with Crippen LogP contribution in [0.4, 0.5) is 0 Å². The van der Waals surface area contributed by atoms with Crippen LogP contribution in [-0.4, -0.2) is 22.8 Å². The number of para-hydroxylation sites is 1. The molecule has 0 fully saturated rings. The van der Waals surface area contributed by atoms with Crippen molar-refractivity contribution in [2.24, 2.45) is 7.05 Å². The van der Waals surface area contributed by atoms with Gasteiger partial charge in [-0.3, -0.25) is 4.79 Å². The Bertz CT molecular complexity index is 860. The molecule has 0 aliphatic rings. The molecule has 6 nitrogen and oxygen atoms in total. The monoisotopic (exact) mass is 258 g/mol. The number of aromatic nitrogens is 2. The third kappa shape index (κ3) is 1.46. The molecule has 0 atom stereocenters. The molecule has 96 valence electrons. The Morgan fingerprint density at radius 2 is 2.11 bits per heavy atom. The fraction of sp³-hybridized carbons (Fsp3) is 0.154. The largest absolute Gasteiger partial charge is 0.463 e. The third-order valence-electron chi connectivity index (χ3n) is 3.10. The number of benzene rings is 1. The van der Waals surface area contributed by atoms with Gasteiger partial charge in [0.15, 0.2) is 5.52 Å². The number of fused-ring (bicyclic) bond motifs is 3. The second-order valence-electron chi connectivity index (χ2n) is 4.11. The van der Waals surface area contributed by atoms with Crippen molar-refractivity contribution in [1.29, 1.82) is 0 Å². The summed E-state index contributed by atoms with van der Waals surface area (Å²) in [6.45, 7) is 0. The van der Waals surface area contributed by atoms with Gasteiger partial charge >= 0.3 is 5.97 Å². The predicted octanol–water partition coefficient (Wildman–Crippen LogP) is 1.47. The van der Waals surface area contributed by atoms with Crippen LogP contribution < -0.4 is 5.56 Å². The van der Waals surface area contributed by atoms with E-state index < -0.39 is 5.97 Å². The number of carbonyl (C=O) groups is 1. The summed E-state index contributed by atoms with van der Waals surface area (Å²) in [4.78, 5) is 23.8. The van der Waals surface area contributed by atoms with E-state index in [4.69, 9.17) is 4.52 Å². The zero-order chi connectivity index (χ0) is 13.6. The molecule has 0 radical (unpaired) electrons. The number of rotatable bonds is 1. The van der Waals surface area contributed by atoms with E-state index in [-0.39, 0.29) is 16.8 Å². The number of carbonyl (C=O) groups excluding carboxylic acids is 1. The van der Waals surface area contributed by atoms with E-state index in [0.29, 0.717) is 10.9 Å². The van der Waals surface area contributed by atoms with E-state index in [1.807, 2.05) is 12.1 Å². The van der Waals surface area contributed by atoms with Crippen LogP contribution in [0, 0.1) is 0 Å². The normalized spacial score (nSPS) is 11.1. The number of ether oxygens (including phenoxy) is 1. The summed E-state index contributed by atoms with van der Waals surface area (Å²) in [6, 6.07) is 7.24. The summed E-state index contributed by atoms with van der Waals surface area (Å²) in [5.74, 6) is -0.702. The van der Waals surface area contributed by atoms with E-state index in [1.165, 1.54) is 11.7 Å². The van der Waals surface area contributed by atoms with Gasteiger partial charge in [0.2, 0.25) is 0 Å². The first-order valence-corrected chi connectivity index (χ1v) is 5.60. The lowest BCUT2D eigenvalue weighted by Crippen LogP contribution is -2.17. The van der Waals surface area contributed by atoms with E-state index in [2.05, 4.69) is 9.89 Å². The van der Waals surface area contributed by atoms with Gasteiger partial charge in [0.05, 0.1) is 18.0 Å². The molecule has 0 unspecified atom stereocenters. The molecule has 6 heteroatoms. The van der Waals surface area contributed by atoms with Gasteiger partial charge in [0.25, 0.3) is 11.3 Å². The fourth-order valence-corrected chi connectivity index (χ4v) is 2.16. The lowest BCUT2D eigenvalue weighted by atomic mass is 10.1. The van der Waals surface area contributed by atoms with Crippen molar-refractivity contribution in [3.8, 4) is 0 Å². The van der Waals surface area contributed by atoms with Crippen LogP contribution in [0.15, 0.2) is 33.6 Å². The van der Waals surface area contributed by atoms with E-state index in [9.17, 15) is 9.59 Å². The Balaban J connectivity index is 2.60. The molecule has 3 aromatic rings. The topological polar surface area (TPSA) is 74.3 Å². The number of pyridine rings is 1. The third-order valence-corrected chi connectivity index (χ3v) is 3.10. The Hall–Kier alpha value is -2.63. The standard InChI is InChI=1S/C13H10N2O4/c1-15-8-6-4-3-5-7(8)9-10(12(15)16)14-19-11(9)13(17)18-2/h3-6H,1-2H3. The molecule has 0 saturated carbocycles. The van der Waals surface area contributed by atoms with Crippen LogP contribution in [0.25, 0.3) is 21.8 Å². The first kappa shape index (κ1) is 11.5. The minimum Gasteiger partial charge on any atom is -0.463 e. The average Bonchev–Trinajstić information content (AvgIpc) is 2.89. The van der Waals surface area contributed by atoms with Crippen LogP contribution in [0.3, 0.4) is 0 Å². The SMILES string of the molecule is COC(=O)c1onc2c(=O)n(C)c3ccccc3c12. The molecule has 0 saturated heterocycles. The maximum Gasteiger partial charge on any atom is 0.377 e. The molecule has 0 amide bonds. The van der Waals surface area contributed by atoms with Gasteiger partial charge in [-0.05, 0) is 6.07 Å². The summed E-state index contributed by atoms with van der Waals surface area (Å²) in [5, 5.41) is 4.81. The van der Waals surface area contributed by atoms with E-state index >= 15 is 0 Å². The lowest BCUT2D eigenvalue weighted by Gasteiger charge is -2.05. The molecule has 0 aliphatic carbocycles. The van der Waals surface area contributed by atoms with Crippen LogP contribution in [0.5, 0.6) is 0 Å². The molecule has 0 spiro atoms. The Morgan fingerprint density at radius 3 is 2.84 bits per heavy atom. The zero-order valence-corrected chi connectivity index (χ0v) is 10.3. The quantitative estimate of drug-likeness (QED) is 0.618. The van der Waals surface area contributed by atoms with E-state index in [1.54, 1.807) is 19.2 Å². The first-order valence-electron chi connectivity index (χ1n) is 5.60. The van der Waals surface area contributed by atoms with Gasteiger partial charge < -0.3 is 13.8 Å². The lowest BCUT2D eigenvalue weighted by molar-refractivity contribution is 0.0558. The van der Waals surface area contributed by atoms with Crippen LogP contribution in [0.2, 0.25) is 0 Å². The second kappa shape index (κ2) is 3.94. The minimum atomic E-state index is -0.652. The second-order valence-corrected chi connectivity index (χ2v) is 4.11. The first-order chi connectivity index (χ1) is 9.15. The number of hydrogen-bond acceptors (Lipinski definition) is 5. The number of nitrogens with zero attached hydrogens (tertiary/aromatic N) is 2. The highest BCUT2D eigenvalue weighted by Crippen LogP contribution is 2.25. The summed E-state index contributed by atoms with van der Waals surface area (Å²) in [6.07, 6.45) is 0. The van der Waals surface area contributed by atoms with Crippen molar-refractivity contribution in [2.45, 2.75) is 0 Å². The molecule has 19 heavy (non-hydrogen) atoms. The summed E-state index contributed by atoms with van der Waals surface area (Å²) in [7, 11) is 2.90. The van der Waals surface area contributed by atoms with Crippen LogP contribution in [0.1, 0.15) is 10.6 Å². The van der Waals surface area contributed by atoms with Gasteiger partial charge in [-0.2, -0.15) is 0 Å². The molecule has 0 aliphatic heterocycles. The van der Waals surface area contributed by atoms with E-state index in [0.717, 1.165) is 5.39 Å². The fourth-order valence-electron chi connectivity index (χ4n) is 2.16. The van der Waals surface area contributed by atoms with Gasteiger partial charge in [-0.25, -0.2) is 4.79 Å². The summed E-state index contributed by atoms with van der Waals surface area (Å²) in [5.41, 5.74) is 0.516. The van der Waals surface area contributed by atoms with Crippen LogP contribution >= 0.6 is 0 Å². The molecular formula is C13H10N2O4. The molecule has 2 heterocycles. The Labute approximate surface area is 107 Å². The highest BCUT2D eigenvalue weighted by Gasteiger charge is 2.22. The van der Waals surface area contributed by atoms with Crippen molar-refractivity contribution >= 4 is 27.8 Å². The Morgan fingerprint density at radius 1 is 1.37 bits per heavy atom. The maximum absolute atomic E-state index is 12.2. The number of hydrogen-bond donors (Lipinski definition) is 0. The van der Waals surface area contributed by atoms with Crippen molar-refractivity contribution < 1.29 is 14.1 Å². The molecule has 0 bridgehead atoms. The minimum absolute atomic E-state index is 0.0496. The molecular weight excluding hydrogens is 248 g/mol. The van der Waals surface area contributed by atoms with Gasteiger partial charge in [-0.15, -0.1) is 0 Å². The van der Waals surface area contributed by atoms with Crippen molar-refractivity contribution in [3.63, 3.8) is 0 Å². The molecule has 3 rings (SSSR count). The van der Waals surface area contributed by atoms with Crippen molar-refractivity contribution in [1.82, 2.24) is 9.72 Å². The van der Waals surface area contributed by atoms with Gasteiger partial charge in [-0.1, -0.05) is 23.4 Å². The van der Waals surface area contributed by atoms with Gasteiger partial charge in [0.1, 0.15) is 0 Å². The van der Waals surface area contributed by atoms with Crippen molar-refractivity contribution in [2.75, 3.05) is 7.11 Å². The van der Waals surface area contributed by atoms with Crippen LogP contribution in [-0.2, 0) is 11.8 Å². The molecule has 1 aromatic carbocycles. The van der Waals surface area contributed by atoms with Gasteiger partial charge in [0, 0.05) is 12.4 Å². The zero-order valence-electron chi connectivity index (χ0n) is 10.3. The van der Waals surface area contributed by atoms with Crippen molar-refractivity contribution in [3.05, 3.63) is 40.4 Å². The summed E-state index contributed by atoms with van der Waals surface area (Å²) < 4.78 is 11.1. The number of esters is 1. The smallest absolute Gasteiger partial charge is 0.377 e.